The number of carbonyl (C=O) groups is 1. The number of hydrogen-bond donors (Lipinski definition) is 0. The van der Waals surface area contributed by atoms with E-state index in [4.69, 9.17) is 4.74 Å². The van der Waals surface area contributed by atoms with Crippen LogP contribution in [0.15, 0.2) is 24.3 Å². The Labute approximate surface area is 122 Å². The molecule has 0 bridgehead atoms. The minimum absolute atomic E-state index is 0.227. The van der Waals surface area contributed by atoms with Gasteiger partial charge in [0.25, 0.3) is 0 Å². The summed E-state index contributed by atoms with van der Waals surface area (Å²) in [6, 6.07) is 7.69. The van der Waals surface area contributed by atoms with Crippen LogP contribution in [0.25, 0.3) is 0 Å². The predicted molar refractivity (Wildman–Crippen MR) is 82.3 cm³/mol. The van der Waals surface area contributed by atoms with Gasteiger partial charge >= 0.3 is 0 Å². The third kappa shape index (κ3) is 4.09. The van der Waals surface area contributed by atoms with Gasteiger partial charge in [0.15, 0.2) is 5.78 Å². The van der Waals surface area contributed by atoms with E-state index in [9.17, 15) is 4.79 Å². The first kappa shape index (κ1) is 15.1. The Morgan fingerprint density at radius 3 is 2.65 bits per heavy atom. The van der Waals surface area contributed by atoms with Crippen molar-refractivity contribution in [1.29, 1.82) is 0 Å². The molecule has 0 saturated heterocycles. The summed E-state index contributed by atoms with van der Waals surface area (Å²) in [6.07, 6.45) is 6.77. The lowest BCUT2D eigenvalue weighted by atomic mass is 9.79. The maximum atomic E-state index is 12.5. The molecular formula is C18H26O2. The van der Waals surface area contributed by atoms with Crippen LogP contribution >= 0.6 is 0 Å². The standard InChI is InChI=1S/C18H26O2/c1-3-4-12-20-17-10-8-15(9-11-17)18(19)16-7-5-6-14(2)13-16/h8-11,14,16H,3-7,12-13H2,1-2H3. The molecule has 20 heavy (non-hydrogen) atoms. The quantitative estimate of drug-likeness (QED) is 0.546. The van der Waals surface area contributed by atoms with Crippen LogP contribution in [-0.2, 0) is 0 Å². The molecule has 0 radical (unpaired) electrons. The van der Waals surface area contributed by atoms with Crippen molar-refractivity contribution in [3.63, 3.8) is 0 Å². The SMILES string of the molecule is CCCCOc1ccc(C(=O)C2CCCC(C)C2)cc1. The Morgan fingerprint density at radius 2 is 2.00 bits per heavy atom. The van der Waals surface area contributed by atoms with E-state index >= 15 is 0 Å². The number of ether oxygens (including phenoxy) is 1. The molecule has 1 aromatic rings. The maximum Gasteiger partial charge on any atom is 0.165 e. The second kappa shape index (κ2) is 7.47. The van der Waals surface area contributed by atoms with Gasteiger partial charge in [0.1, 0.15) is 5.75 Å². The molecule has 1 aromatic carbocycles. The normalized spacial score (nSPS) is 22.5. The maximum absolute atomic E-state index is 12.5. The molecule has 2 nitrogen and oxygen atoms in total. The second-order valence-corrected chi connectivity index (χ2v) is 6.06. The summed E-state index contributed by atoms with van der Waals surface area (Å²) in [4.78, 5) is 12.5. The minimum atomic E-state index is 0.227. The second-order valence-electron chi connectivity index (χ2n) is 6.06. The fourth-order valence-electron chi connectivity index (χ4n) is 2.96. The van der Waals surface area contributed by atoms with Crippen LogP contribution in [0.1, 0.15) is 62.7 Å². The smallest absolute Gasteiger partial charge is 0.165 e. The highest BCUT2D eigenvalue weighted by atomic mass is 16.5. The van der Waals surface area contributed by atoms with Gasteiger partial charge in [-0.1, -0.05) is 33.1 Å². The summed E-state index contributed by atoms with van der Waals surface area (Å²) in [6.45, 7) is 5.16. The fourth-order valence-corrected chi connectivity index (χ4v) is 2.96. The number of Topliss-reactive ketones (excluding diaryl/α,β-unsaturated/α-hetero) is 1. The van der Waals surface area contributed by atoms with E-state index in [2.05, 4.69) is 13.8 Å². The molecule has 0 heterocycles. The zero-order valence-electron chi connectivity index (χ0n) is 12.7. The van der Waals surface area contributed by atoms with Crippen LogP contribution in [0.3, 0.4) is 0 Å². The molecule has 2 rings (SSSR count). The highest BCUT2D eigenvalue weighted by Gasteiger charge is 2.25. The third-order valence-corrected chi connectivity index (χ3v) is 4.21. The zero-order chi connectivity index (χ0) is 14.4. The van der Waals surface area contributed by atoms with Crippen LogP contribution in [0.4, 0.5) is 0 Å². The molecule has 1 aliphatic rings. The van der Waals surface area contributed by atoms with Crippen molar-refractivity contribution >= 4 is 5.78 Å². The Bertz CT molecular complexity index is 422. The molecule has 0 amide bonds. The molecule has 1 aliphatic carbocycles. The summed E-state index contributed by atoms with van der Waals surface area (Å²) >= 11 is 0. The number of hydrogen-bond acceptors (Lipinski definition) is 2. The lowest BCUT2D eigenvalue weighted by molar-refractivity contribution is 0.0868. The number of ketones is 1. The molecule has 2 atom stereocenters. The van der Waals surface area contributed by atoms with Crippen molar-refractivity contribution in [1.82, 2.24) is 0 Å². The van der Waals surface area contributed by atoms with Crippen molar-refractivity contribution in [3.8, 4) is 5.75 Å². The molecule has 0 N–H and O–H groups in total. The van der Waals surface area contributed by atoms with E-state index in [1.807, 2.05) is 24.3 Å². The molecule has 0 aliphatic heterocycles. The van der Waals surface area contributed by atoms with Gasteiger partial charge in [0.05, 0.1) is 6.61 Å². The van der Waals surface area contributed by atoms with Crippen LogP contribution in [0.5, 0.6) is 5.75 Å². The first-order valence-electron chi connectivity index (χ1n) is 7.97. The molecule has 0 aromatic heterocycles. The number of benzene rings is 1. The molecule has 0 spiro atoms. The van der Waals surface area contributed by atoms with Gasteiger partial charge in [-0.3, -0.25) is 4.79 Å². The first-order chi connectivity index (χ1) is 9.70. The fraction of sp³-hybridized carbons (Fsp3) is 0.611. The molecule has 2 unspecified atom stereocenters. The largest absolute Gasteiger partial charge is 0.494 e. The highest BCUT2D eigenvalue weighted by Crippen LogP contribution is 2.31. The van der Waals surface area contributed by atoms with Gasteiger partial charge in [-0.15, -0.1) is 0 Å². The van der Waals surface area contributed by atoms with Gasteiger partial charge in [0.2, 0.25) is 0 Å². The summed E-state index contributed by atoms with van der Waals surface area (Å²) < 4.78 is 5.63. The van der Waals surface area contributed by atoms with Crippen LogP contribution in [0.2, 0.25) is 0 Å². The van der Waals surface area contributed by atoms with Gasteiger partial charge < -0.3 is 4.74 Å². The zero-order valence-corrected chi connectivity index (χ0v) is 12.7. The van der Waals surface area contributed by atoms with E-state index in [-0.39, 0.29) is 5.92 Å². The van der Waals surface area contributed by atoms with Gasteiger partial charge in [-0.2, -0.15) is 0 Å². The topological polar surface area (TPSA) is 26.3 Å². The summed E-state index contributed by atoms with van der Waals surface area (Å²) in [7, 11) is 0. The van der Waals surface area contributed by atoms with Gasteiger partial charge in [-0.05, 0) is 49.4 Å². The van der Waals surface area contributed by atoms with E-state index < -0.39 is 0 Å². The van der Waals surface area contributed by atoms with E-state index in [0.717, 1.165) is 43.6 Å². The van der Waals surface area contributed by atoms with Crippen molar-refractivity contribution in [3.05, 3.63) is 29.8 Å². The molecule has 1 fully saturated rings. The lowest BCUT2D eigenvalue weighted by Gasteiger charge is -2.25. The van der Waals surface area contributed by atoms with E-state index in [1.165, 1.54) is 12.8 Å². The van der Waals surface area contributed by atoms with Crippen LogP contribution in [0, 0.1) is 11.8 Å². The third-order valence-electron chi connectivity index (χ3n) is 4.21. The Kier molecular flexibility index (Phi) is 5.63. The molecular weight excluding hydrogens is 248 g/mol. The van der Waals surface area contributed by atoms with Crippen molar-refractivity contribution in [2.45, 2.75) is 52.4 Å². The number of unbranched alkanes of at least 4 members (excludes halogenated alkanes) is 1. The van der Waals surface area contributed by atoms with Gasteiger partial charge in [-0.25, -0.2) is 0 Å². The number of carbonyl (C=O) groups excluding carboxylic acids is 1. The molecule has 110 valence electrons. The molecule has 2 heteroatoms. The van der Waals surface area contributed by atoms with Crippen molar-refractivity contribution < 1.29 is 9.53 Å². The summed E-state index contributed by atoms with van der Waals surface area (Å²) in [5.41, 5.74) is 0.840. The minimum Gasteiger partial charge on any atom is -0.494 e. The Morgan fingerprint density at radius 1 is 1.25 bits per heavy atom. The van der Waals surface area contributed by atoms with E-state index in [0.29, 0.717) is 11.7 Å². The predicted octanol–water partition coefficient (Wildman–Crippen LogP) is 4.87. The average molecular weight is 274 g/mol. The monoisotopic (exact) mass is 274 g/mol. The Balaban J connectivity index is 1.93. The van der Waals surface area contributed by atoms with Gasteiger partial charge in [0, 0.05) is 11.5 Å². The van der Waals surface area contributed by atoms with E-state index in [1.54, 1.807) is 0 Å². The first-order valence-corrected chi connectivity index (χ1v) is 7.97. The summed E-state index contributed by atoms with van der Waals surface area (Å²) in [5.74, 6) is 2.10. The Hall–Kier alpha value is -1.31. The lowest BCUT2D eigenvalue weighted by Crippen LogP contribution is -2.21. The number of rotatable bonds is 6. The van der Waals surface area contributed by atoms with Crippen molar-refractivity contribution in [2.75, 3.05) is 6.61 Å². The van der Waals surface area contributed by atoms with Crippen LogP contribution in [-0.4, -0.2) is 12.4 Å². The highest BCUT2D eigenvalue weighted by molar-refractivity contribution is 5.98. The summed E-state index contributed by atoms with van der Waals surface area (Å²) in [5, 5.41) is 0. The van der Waals surface area contributed by atoms with Crippen molar-refractivity contribution in [2.24, 2.45) is 11.8 Å². The van der Waals surface area contributed by atoms with Crippen LogP contribution < -0.4 is 4.74 Å². The average Bonchev–Trinajstić information content (AvgIpc) is 2.47. The molecule has 1 saturated carbocycles.